The molecule has 8 nitrogen and oxygen atoms in total. The van der Waals surface area contributed by atoms with Crippen molar-refractivity contribution in [2.45, 2.75) is 30.7 Å². The fourth-order valence-electron chi connectivity index (χ4n) is 3.12. The molecule has 0 saturated carbocycles. The highest BCUT2D eigenvalue weighted by molar-refractivity contribution is 7.89. The Labute approximate surface area is 169 Å². The molecule has 0 bridgehead atoms. The Morgan fingerprint density at radius 2 is 1.59 bits per heavy atom. The van der Waals surface area contributed by atoms with Crippen LogP contribution in [0.4, 0.5) is 5.69 Å². The number of rotatable bonds is 7. The lowest BCUT2D eigenvalue weighted by atomic mass is 10.1. The molecule has 2 amide bonds. The smallest absolute Gasteiger partial charge is 0.241 e. The first-order valence-corrected chi connectivity index (χ1v) is 10.4. The van der Waals surface area contributed by atoms with Gasteiger partial charge in [0.15, 0.2) is 0 Å². The first-order chi connectivity index (χ1) is 13.8. The van der Waals surface area contributed by atoms with Crippen LogP contribution in [-0.2, 0) is 19.6 Å². The first-order valence-electron chi connectivity index (χ1n) is 8.97. The Kier molecular flexibility index (Phi) is 5.90. The largest absolute Gasteiger partial charge is 0.497 e. The van der Waals surface area contributed by atoms with Crippen LogP contribution in [0, 0.1) is 0 Å². The van der Waals surface area contributed by atoms with Crippen molar-refractivity contribution in [3.8, 4) is 11.5 Å². The van der Waals surface area contributed by atoms with Gasteiger partial charge in [-0.15, -0.1) is 0 Å². The van der Waals surface area contributed by atoms with Gasteiger partial charge >= 0.3 is 0 Å². The zero-order chi connectivity index (χ0) is 21.2. The van der Waals surface area contributed by atoms with Crippen LogP contribution in [0.25, 0.3) is 0 Å². The van der Waals surface area contributed by atoms with Crippen molar-refractivity contribution in [2.75, 3.05) is 19.1 Å². The summed E-state index contributed by atoms with van der Waals surface area (Å²) in [4.78, 5) is 25.1. The van der Waals surface area contributed by atoms with Gasteiger partial charge in [0, 0.05) is 18.9 Å². The second-order valence-electron chi connectivity index (χ2n) is 6.57. The third kappa shape index (κ3) is 4.25. The summed E-state index contributed by atoms with van der Waals surface area (Å²) in [6.45, 7) is 1.72. The van der Waals surface area contributed by atoms with Gasteiger partial charge in [0.05, 0.1) is 24.8 Å². The molecule has 2 aromatic rings. The molecule has 2 aromatic carbocycles. The normalized spacial score (nSPS) is 15.5. The van der Waals surface area contributed by atoms with Gasteiger partial charge in [0.2, 0.25) is 21.8 Å². The number of carbonyl (C=O) groups excluding carboxylic acids is 2. The zero-order valence-corrected chi connectivity index (χ0v) is 17.2. The zero-order valence-electron chi connectivity index (χ0n) is 16.3. The van der Waals surface area contributed by atoms with Gasteiger partial charge in [-0.1, -0.05) is 12.1 Å². The van der Waals surface area contributed by atoms with Crippen molar-refractivity contribution in [1.29, 1.82) is 0 Å². The molecular formula is C20H22N2O6S. The molecule has 0 aromatic heterocycles. The number of hydrogen-bond donors (Lipinski definition) is 1. The molecule has 1 aliphatic heterocycles. The highest BCUT2D eigenvalue weighted by Gasteiger charge is 2.33. The van der Waals surface area contributed by atoms with E-state index in [0.29, 0.717) is 5.75 Å². The van der Waals surface area contributed by atoms with E-state index in [1.165, 1.54) is 25.3 Å². The Balaban J connectivity index is 1.91. The van der Waals surface area contributed by atoms with Crippen LogP contribution in [0.3, 0.4) is 0 Å². The van der Waals surface area contributed by atoms with E-state index in [4.69, 9.17) is 9.47 Å². The topological polar surface area (TPSA) is 102 Å². The lowest BCUT2D eigenvalue weighted by molar-refractivity contribution is -0.121. The molecule has 1 heterocycles. The van der Waals surface area contributed by atoms with Gasteiger partial charge in [-0.05, 0) is 42.8 Å². The fourth-order valence-corrected chi connectivity index (χ4v) is 4.37. The van der Waals surface area contributed by atoms with E-state index >= 15 is 0 Å². The molecule has 9 heteroatoms. The molecule has 1 N–H and O–H groups in total. The summed E-state index contributed by atoms with van der Waals surface area (Å²) in [5, 5.41) is 0. The van der Waals surface area contributed by atoms with E-state index in [0.717, 1.165) is 10.5 Å². The number of hydrogen-bond acceptors (Lipinski definition) is 6. The average molecular weight is 418 g/mol. The van der Waals surface area contributed by atoms with Crippen LogP contribution >= 0.6 is 0 Å². The molecule has 1 saturated heterocycles. The van der Waals surface area contributed by atoms with Crippen LogP contribution in [0.5, 0.6) is 11.5 Å². The number of carbonyl (C=O) groups is 2. The molecule has 1 atom stereocenters. The van der Waals surface area contributed by atoms with Gasteiger partial charge in [0.1, 0.15) is 11.5 Å². The molecule has 0 spiro atoms. The minimum absolute atomic E-state index is 0.0684. The maximum absolute atomic E-state index is 12.9. The molecule has 0 unspecified atom stereocenters. The summed E-state index contributed by atoms with van der Waals surface area (Å²) >= 11 is 0. The summed E-state index contributed by atoms with van der Waals surface area (Å²) in [5.41, 5.74) is 0.882. The first kappa shape index (κ1) is 20.8. The number of anilines is 1. The highest BCUT2D eigenvalue weighted by Crippen LogP contribution is 2.34. The molecule has 29 heavy (non-hydrogen) atoms. The van der Waals surface area contributed by atoms with Crippen LogP contribution in [0.15, 0.2) is 47.4 Å². The van der Waals surface area contributed by atoms with Crippen molar-refractivity contribution < 1.29 is 27.5 Å². The quantitative estimate of drug-likeness (QED) is 0.693. The summed E-state index contributed by atoms with van der Waals surface area (Å²) in [7, 11) is -0.977. The van der Waals surface area contributed by atoms with Crippen LogP contribution in [-0.4, -0.2) is 34.5 Å². The Morgan fingerprint density at radius 3 is 2.14 bits per heavy atom. The predicted molar refractivity (Wildman–Crippen MR) is 106 cm³/mol. The number of nitrogens with zero attached hydrogens (tertiary/aromatic N) is 1. The molecule has 1 aliphatic rings. The van der Waals surface area contributed by atoms with Gasteiger partial charge in [-0.3, -0.25) is 9.59 Å². The molecule has 154 valence electrons. The summed E-state index contributed by atoms with van der Waals surface area (Å²) < 4.78 is 38.7. The Bertz CT molecular complexity index is 1020. The van der Waals surface area contributed by atoms with Crippen LogP contribution in [0.1, 0.15) is 31.4 Å². The summed E-state index contributed by atoms with van der Waals surface area (Å²) in [5.74, 6) is 0.143. The fraction of sp³-hybridized carbons (Fsp3) is 0.300. The second kappa shape index (κ2) is 8.22. The number of amides is 2. The van der Waals surface area contributed by atoms with Crippen molar-refractivity contribution in [3.05, 3.63) is 48.0 Å². The maximum atomic E-state index is 12.9. The predicted octanol–water partition coefficient (Wildman–Crippen LogP) is 2.40. The van der Waals surface area contributed by atoms with E-state index in [9.17, 15) is 18.0 Å². The molecular weight excluding hydrogens is 396 g/mol. The van der Waals surface area contributed by atoms with Gasteiger partial charge in [-0.25, -0.2) is 18.0 Å². The van der Waals surface area contributed by atoms with Crippen molar-refractivity contribution >= 4 is 27.5 Å². The lowest BCUT2D eigenvalue weighted by Gasteiger charge is -2.20. The second-order valence-corrected chi connectivity index (χ2v) is 8.29. The summed E-state index contributed by atoms with van der Waals surface area (Å²) in [6.07, 6.45) is 0.178. The van der Waals surface area contributed by atoms with E-state index in [2.05, 4.69) is 4.72 Å². The minimum Gasteiger partial charge on any atom is -0.497 e. The monoisotopic (exact) mass is 418 g/mol. The third-order valence-corrected chi connectivity index (χ3v) is 6.24. The van der Waals surface area contributed by atoms with Crippen LogP contribution in [0.2, 0.25) is 0 Å². The van der Waals surface area contributed by atoms with Gasteiger partial charge < -0.3 is 9.47 Å². The SMILES string of the molecule is COc1ccc([C@H](C)NS(=O)(=O)c2ccc(OC)c(N3C(=O)CCC3=O)c2)cc1. The van der Waals surface area contributed by atoms with Crippen LogP contribution < -0.4 is 19.1 Å². The third-order valence-electron chi connectivity index (χ3n) is 4.70. The van der Waals surface area contributed by atoms with E-state index in [-0.39, 0.29) is 41.0 Å². The Hall–Kier alpha value is -2.91. The molecule has 1 fully saturated rings. The average Bonchev–Trinajstić information content (AvgIpc) is 3.05. The maximum Gasteiger partial charge on any atom is 0.241 e. The number of sulfonamides is 1. The van der Waals surface area contributed by atoms with Gasteiger partial charge in [0.25, 0.3) is 0 Å². The van der Waals surface area contributed by atoms with E-state index in [1.807, 2.05) is 0 Å². The number of benzene rings is 2. The van der Waals surface area contributed by atoms with Gasteiger partial charge in [-0.2, -0.15) is 0 Å². The Morgan fingerprint density at radius 1 is 0.966 bits per heavy atom. The number of methoxy groups -OCH3 is 2. The van der Waals surface area contributed by atoms with Crippen molar-refractivity contribution in [3.63, 3.8) is 0 Å². The molecule has 0 aliphatic carbocycles. The highest BCUT2D eigenvalue weighted by atomic mass is 32.2. The van der Waals surface area contributed by atoms with Crippen molar-refractivity contribution in [1.82, 2.24) is 4.72 Å². The standard InChI is InChI=1S/C20H22N2O6S/c1-13(14-4-6-15(27-2)7-5-14)21-29(25,26)16-8-9-18(28-3)17(12-16)22-19(23)10-11-20(22)24/h4-9,12-13,21H,10-11H2,1-3H3/t13-/m0/s1. The number of ether oxygens (including phenoxy) is 2. The van der Waals surface area contributed by atoms with E-state index < -0.39 is 16.1 Å². The number of nitrogens with one attached hydrogen (secondary N) is 1. The van der Waals surface area contributed by atoms with E-state index in [1.54, 1.807) is 38.3 Å². The number of imide groups is 1. The molecule has 0 radical (unpaired) electrons. The molecule has 3 rings (SSSR count). The summed E-state index contributed by atoms with van der Waals surface area (Å²) in [6, 6.07) is 10.6. The lowest BCUT2D eigenvalue weighted by Crippen LogP contribution is -2.30. The minimum atomic E-state index is -3.92. The van der Waals surface area contributed by atoms with Crippen molar-refractivity contribution in [2.24, 2.45) is 0 Å².